The van der Waals surface area contributed by atoms with E-state index in [2.05, 4.69) is 46.0 Å². The van der Waals surface area contributed by atoms with Crippen molar-refractivity contribution in [2.75, 3.05) is 63.8 Å². The van der Waals surface area contributed by atoms with E-state index in [1.165, 1.54) is 17.0 Å². The molecule has 9 nitrogen and oxygen atoms in total. The number of rotatable bonds is 7. The number of aromatic nitrogens is 2. The minimum absolute atomic E-state index is 0.0258. The standard InChI is InChI=1S/C32H39ClN6O3/c1-36-14-6-9-21(36)19-42-32-34-26-18-38(27-11-5-8-20-7-4-10-25(33)28(20)27)15-13-23(26)30(35-32)39-16-12-22-24(17-39)29(22)31(40)37(2)41-3/h4-5,7-8,10-11,21-22,24,29H,6,9,12-19H2,1-3H3/t21?,22-,24+,29+/m1/s1. The Bertz CT molecular complexity index is 1500. The summed E-state index contributed by atoms with van der Waals surface area (Å²) in [6.45, 7) is 4.88. The van der Waals surface area contributed by atoms with Gasteiger partial charge in [0.25, 0.3) is 0 Å². The summed E-state index contributed by atoms with van der Waals surface area (Å²) in [6, 6.07) is 13.3. The molecule has 4 heterocycles. The Morgan fingerprint density at radius 2 is 1.90 bits per heavy atom. The lowest BCUT2D eigenvalue weighted by Gasteiger charge is -2.35. The van der Waals surface area contributed by atoms with E-state index >= 15 is 0 Å². The van der Waals surface area contributed by atoms with Crippen LogP contribution in [0.2, 0.25) is 5.02 Å². The van der Waals surface area contributed by atoms with Gasteiger partial charge in [-0.1, -0.05) is 35.9 Å². The lowest BCUT2D eigenvalue weighted by Crippen LogP contribution is -2.37. The highest BCUT2D eigenvalue weighted by molar-refractivity contribution is 6.36. The van der Waals surface area contributed by atoms with Crippen molar-refractivity contribution in [1.29, 1.82) is 0 Å². The summed E-state index contributed by atoms with van der Waals surface area (Å²) >= 11 is 6.71. The number of piperidine rings is 1. The van der Waals surface area contributed by atoms with Gasteiger partial charge in [0, 0.05) is 55.3 Å². The monoisotopic (exact) mass is 590 g/mol. The molecule has 0 bridgehead atoms. The number of amides is 1. The molecular formula is C32H39ClN6O3. The van der Waals surface area contributed by atoms with E-state index in [1.54, 1.807) is 14.2 Å². The van der Waals surface area contributed by atoms with Crippen LogP contribution in [0.1, 0.15) is 30.5 Å². The molecule has 4 atom stereocenters. The first-order valence-corrected chi connectivity index (χ1v) is 15.5. The average Bonchev–Trinajstić information content (AvgIpc) is 3.59. The first-order chi connectivity index (χ1) is 20.4. The second-order valence-corrected chi connectivity index (χ2v) is 12.6. The van der Waals surface area contributed by atoms with Gasteiger partial charge in [-0.3, -0.25) is 9.63 Å². The number of carbonyl (C=O) groups is 1. The van der Waals surface area contributed by atoms with Gasteiger partial charge in [-0.25, -0.2) is 5.06 Å². The van der Waals surface area contributed by atoms with E-state index in [0.29, 0.717) is 37.0 Å². The first kappa shape index (κ1) is 27.7. The predicted molar refractivity (Wildman–Crippen MR) is 164 cm³/mol. The molecule has 1 saturated carbocycles. The Hall–Kier alpha value is -3.14. The molecule has 1 aromatic heterocycles. The van der Waals surface area contributed by atoms with Crippen LogP contribution in [0.25, 0.3) is 10.8 Å². The number of halogens is 1. The summed E-state index contributed by atoms with van der Waals surface area (Å²) in [6.07, 6.45) is 4.12. The van der Waals surface area contributed by atoms with Crippen molar-refractivity contribution in [2.24, 2.45) is 17.8 Å². The number of hydrogen-bond acceptors (Lipinski definition) is 8. The topological polar surface area (TPSA) is 74.3 Å². The third-order valence-corrected chi connectivity index (χ3v) is 10.3. The summed E-state index contributed by atoms with van der Waals surface area (Å²) in [5.74, 6) is 1.82. The number of fused-ring (bicyclic) bond motifs is 3. The molecule has 1 aliphatic carbocycles. The van der Waals surface area contributed by atoms with Crippen LogP contribution < -0.4 is 14.5 Å². The van der Waals surface area contributed by atoms with Gasteiger partial charge in [0.15, 0.2) is 0 Å². The second-order valence-electron chi connectivity index (χ2n) is 12.2. The molecule has 3 aliphatic heterocycles. The number of benzene rings is 2. The molecule has 7 rings (SSSR count). The summed E-state index contributed by atoms with van der Waals surface area (Å²) < 4.78 is 6.32. The van der Waals surface area contributed by atoms with Gasteiger partial charge in [0.2, 0.25) is 5.91 Å². The summed E-state index contributed by atoms with van der Waals surface area (Å²) in [5, 5.41) is 4.35. The van der Waals surface area contributed by atoms with Crippen molar-refractivity contribution in [1.82, 2.24) is 19.9 Å². The van der Waals surface area contributed by atoms with Crippen LogP contribution in [-0.4, -0.2) is 85.9 Å². The number of nitrogens with zero attached hydrogens (tertiary/aromatic N) is 6. The van der Waals surface area contributed by atoms with Crippen LogP contribution in [0.15, 0.2) is 36.4 Å². The van der Waals surface area contributed by atoms with Gasteiger partial charge >= 0.3 is 6.01 Å². The predicted octanol–water partition coefficient (Wildman–Crippen LogP) is 4.41. The molecule has 222 valence electrons. The molecule has 0 radical (unpaired) electrons. The summed E-state index contributed by atoms with van der Waals surface area (Å²) in [4.78, 5) is 35.2. The van der Waals surface area contributed by atoms with E-state index in [-0.39, 0.29) is 11.8 Å². The first-order valence-electron chi connectivity index (χ1n) is 15.1. The Labute approximate surface area is 252 Å². The number of anilines is 2. The highest BCUT2D eigenvalue weighted by Crippen LogP contribution is 2.53. The van der Waals surface area contributed by atoms with Crippen LogP contribution in [-0.2, 0) is 22.6 Å². The maximum Gasteiger partial charge on any atom is 0.318 e. The van der Waals surface area contributed by atoms with Gasteiger partial charge in [0.1, 0.15) is 12.4 Å². The molecule has 2 saturated heterocycles. The van der Waals surface area contributed by atoms with Crippen LogP contribution in [0.3, 0.4) is 0 Å². The number of likely N-dealkylation sites (tertiary alicyclic amines) is 1. The third kappa shape index (κ3) is 4.95. The van der Waals surface area contributed by atoms with Gasteiger partial charge in [-0.05, 0) is 68.6 Å². The SMILES string of the molecule is CON(C)C(=O)[C@H]1[C@@H]2CCN(c3nc(OCC4CCCN4C)nc4c3CCN(c3cccc5cccc(Cl)c35)C4)C[C@@H]21. The largest absolute Gasteiger partial charge is 0.462 e. The molecule has 4 aliphatic rings. The Morgan fingerprint density at radius 3 is 2.69 bits per heavy atom. The average molecular weight is 591 g/mol. The minimum atomic E-state index is 0.0258. The molecule has 1 unspecified atom stereocenters. The zero-order valence-corrected chi connectivity index (χ0v) is 25.4. The van der Waals surface area contributed by atoms with Gasteiger partial charge in [-0.15, -0.1) is 0 Å². The fourth-order valence-corrected chi connectivity index (χ4v) is 7.70. The van der Waals surface area contributed by atoms with Crippen LogP contribution in [0, 0.1) is 17.8 Å². The zero-order valence-electron chi connectivity index (χ0n) is 24.6. The Balaban J connectivity index is 1.19. The maximum atomic E-state index is 12.9. The lowest BCUT2D eigenvalue weighted by atomic mass is 10.0. The van der Waals surface area contributed by atoms with Crippen LogP contribution in [0.4, 0.5) is 11.5 Å². The highest BCUT2D eigenvalue weighted by atomic mass is 35.5. The van der Waals surface area contributed by atoms with Crippen molar-refractivity contribution in [2.45, 2.75) is 38.3 Å². The Morgan fingerprint density at radius 1 is 1.07 bits per heavy atom. The molecule has 0 spiro atoms. The van der Waals surface area contributed by atoms with Crippen LogP contribution >= 0.6 is 11.6 Å². The number of ether oxygens (including phenoxy) is 1. The minimum Gasteiger partial charge on any atom is -0.462 e. The molecule has 42 heavy (non-hydrogen) atoms. The molecule has 3 aromatic rings. The Kier molecular flexibility index (Phi) is 7.36. The van der Waals surface area contributed by atoms with E-state index in [9.17, 15) is 4.79 Å². The summed E-state index contributed by atoms with van der Waals surface area (Å²) in [7, 11) is 5.40. The molecule has 10 heteroatoms. The van der Waals surface area contributed by atoms with Crippen molar-refractivity contribution in [3.63, 3.8) is 0 Å². The van der Waals surface area contributed by atoms with E-state index in [4.69, 9.17) is 31.1 Å². The molecule has 1 amide bonds. The normalized spacial score (nSPS) is 25.3. The number of hydroxylamine groups is 2. The fourth-order valence-electron chi connectivity index (χ4n) is 7.42. The number of likely N-dealkylation sites (N-methyl/N-ethyl adjacent to an activating group) is 1. The van der Waals surface area contributed by atoms with E-state index in [1.807, 2.05) is 12.1 Å². The van der Waals surface area contributed by atoms with Gasteiger partial charge in [0.05, 0.1) is 24.4 Å². The fraction of sp³-hybridized carbons (Fsp3) is 0.531. The molecule has 0 N–H and O–H groups in total. The van der Waals surface area contributed by atoms with Crippen molar-refractivity contribution >= 4 is 39.8 Å². The molecule has 3 fully saturated rings. The maximum absolute atomic E-state index is 12.9. The van der Waals surface area contributed by atoms with E-state index < -0.39 is 0 Å². The second kappa shape index (κ2) is 11.2. The quantitative estimate of drug-likeness (QED) is 0.375. The van der Waals surface area contributed by atoms with Gasteiger partial charge in [-0.2, -0.15) is 9.97 Å². The third-order valence-electron chi connectivity index (χ3n) is 9.94. The zero-order chi connectivity index (χ0) is 29.0. The lowest BCUT2D eigenvalue weighted by molar-refractivity contribution is -0.170. The molecular weight excluding hydrogens is 552 g/mol. The van der Waals surface area contributed by atoms with Crippen molar-refractivity contribution in [3.05, 3.63) is 52.7 Å². The van der Waals surface area contributed by atoms with Crippen LogP contribution in [0.5, 0.6) is 6.01 Å². The van der Waals surface area contributed by atoms with Crippen molar-refractivity contribution < 1.29 is 14.4 Å². The summed E-state index contributed by atoms with van der Waals surface area (Å²) in [5.41, 5.74) is 3.33. The molecule has 2 aromatic carbocycles. The highest BCUT2D eigenvalue weighted by Gasteiger charge is 2.57. The van der Waals surface area contributed by atoms with Gasteiger partial charge < -0.3 is 19.4 Å². The van der Waals surface area contributed by atoms with E-state index in [0.717, 1.165) is 78.4 Å². The smallest absolute Gasteiger partial charge is 0.318 e. The van der Waals surface area contributed by atoms with Crippen molar-refractivity contribution in [3.8, 4) is 6.01 Å². The number of carbonyl (C=O) groups excluding carboxylic acids is 1. The number of hydrogen-bond donors (Lipinski definition) is 0.